The first-order valence-electron chi connectivity index (χ1n) is 9.01. The summed E-state index contributed by atoms with van der Waals surface area (Å²) in [5, 5.41) is 0. The molecule has 150 valence electrons. The third-order valence-corrected chi connectivity index (χ3v) is 6.52. The predicted octanol–water partition coefficient (Wildman–Crippen LogP) is 3.37. The van der Waals surface area contributed by atoms with Gasteiger partial charge < -0.3 is 9.47 Å². The lowest BCUT2D eigenvalue weighted by molar-refractivity contribution is 0.0469. The molecule has 1 aliphatic rings. The summed E-state index contributed by atoms with van der Waals surface area (Å²) in [6, 6.07) is 9.70. The first-order valence-corrected chi connectivity index (χ1v) is 10.5. The highest BCUT2D eigenvalue weighted by atomic mass is 32.2. The highest BCUT2D eigenvalue weighted by Crippen LogP contribution is 2.23. The number of sulfonamides is 1. The van der Waals surface area contributed by atoms with Crippen LogP contribution in [-0.4, -0.2) is 38.9 Å². The number of carbonyl (C=O) groups excluding carboxylic acids is 1. The Bertz CT molecular complexity index is 955. The van der Waals surface area contributed by atoms with E-state index in [0.29, 0.717) is 24.4 Å². The van der Waals surface area contributed by atoms with Crippen LogP contribution in [0.25, 0.3) is 0 Å². The number of halogens is 1. The van der Waals surface area contributed by atoms with E-state index < -0.39 is 21.8 Å². The van der Waals surface area contributed by atoms with E-state index in [1.807, 2.05) is 0 Å². The SMILES string of the molecule is COc1ccc(F)cc1COC(=O)c1cccc(S(=O)(=O)N2CCCCC2)c1. The minimum Gasteiger partial charge on any atom is -0.496 e. The Morgan fingerprint density at radius 3 is 2.57 bits per heavy atom. The van der Waals surface area contributed by atoms with Gasteiger partial charge in [-0.3, -0.25) is 0 Å². The van der Waals surface area contributed by atoms with Crippen LogP contribution >= 0.6 is 0 Å². The highest BCUT2D eigenvalue weighted by molar-refractivity contribution is 7.89. The largest absolute Gasteiger partial charge is 0.496 e. The number of nitrogens with zero attached hydrogens (tertiary/aromatic N) is 1. The van der Waals surface area contributed by atoms with Crippen molar-refractivity contribution in [1.29, 1.82) is 0 Å². The van der Waals surface area contributed by atoms with Gasteiger partial charge >= 0.3 is 5.97 Å². The van der Waals surface area contributed by atoms with Gasteiger partial charge in [0.1, 0.15) is 18.2 Å². The van der Waals surface area contributed by atoms with E-state index in [4.69, 9.17) is 9.47 Å². The zero-order chi connectivity index (χ0) is 20.1. The van der Waals surface area contributed by atoms with Gasteiger partial charge in [-0.2, -0.15) is 4.31 Å². The van der Waals surface area contributed by atoms with E-state index in [9.17, 15) is 17.6 Å². The highest BCUT2D eigenvalue weighted by Gasteiger charge is 2.26. The zero-order valence-electron chi connectivity index (χ0n) is 15.6. The number of carbonyl (C=O) groups is 1. The topological polar surface area (TPSA) is 72.9 Å². The molecule has 0 amide bonds. The number of rotatable bonds is 6. The summed E-state index contributed by atoms with van der Waals surface area (Å²) in [7, 11) is -2.21. The number of piperidine rings is 1. The molecule has 6 nitrogen and oxygen atoms in total. The molecule has 8 heteroatoms. The van der Waals surface area contributed by atoms with Gasteiger partial charge in [-0.25, -0.2) is 17.6 Å². The third kappa shape index (κ3) is 4.51. The molecule has 0 radical (unpaired) electrons. The Labute approximate surface area is 163 Å². The second-order valence-electron chi connectivity index (χ2n) is 6.52. The van der Waals surface area contributed by atoms with Gasteiger partial charge in [-0.05, 0) is 49.2 Å². The van der Waals surface area contributed by atoms with E-state index in [0.717, 1.165) is 19.3 Å². The van der Waals surface area contributed by atoms with Gasteiger partial charge in [0.25, 0.3) is 0 Å². The molecule has 1 aliphatic heterocycles. The van der Waals surface area contributed by atoms with E-state index in [-0.39, 0.29) is 17.1 Å². The maximum Gasteiger partial charge on any atom is 0.338 e. The summed E-state index contributed by atoms with van der Waals surface area (Å²) in [5.74, 6) is -0.765. The third-order valence-electron chi connectivity index (χ3n) is 4.62. The van der Waals surface area contributed by atoms with Crippen LogP contribution < -0.4 is 4.74 Å². The van der Waals surface area contributed by atoms with Crippen molar-refractivity contribution in [2.45, 2.75) is 30.8 Å². The van der Waals surface area contributed by atoms with E-state index in [1.165, 1.54) is 53.9 Å². The number of ether oxygens (including phenoxy) is 2. The summed E-state index contributed by atoms with van der Waals surface area (Å²) in [4.78, 5) is 12.5. The van der Waals surface area contributed by atoms with Crippen molar-refractivity contribution in [3.63, 3.8) is 0 Å². The molecule has 1 saturated heterocycles. The van der Waals surface area contributed by atoms with Crippen LogP contribution in [0.15, 0.2) is 47.4 Å². The predicted molar refractivity (Wildman–Crippen MR) is 101 cm³/mol. The molecular weight excluding hydrogens is 385 g/mol. The Hall–Kier alpha value is -2.45. The fourth-order valence-corrected chi connectivity index (χ4v) is 4.69. The molecule has 28 heavy (non-hydrogen) atoms. The van der Waals surface area contributed by atoms with Crippen LogP contribution in [0.1, 0.15) is 35.2 Å². The van der Waals surface area contributed by atoms with E-state index >= 15 is 0 Å². The summed E-state index contributed by atoms with van der Waals surface area (Å²) >= 11 is 0. The smallest absolute Gasteiger partial charge is 0.338 e. The Morgan fingerprint density at radius 2 is 1.86 bits per heavy atom. The second kappa shape index (κ2) is 8.70. The zero-order valence-corrected chi connectivity index (χ0v) is 16.4. The minimum absolute atomic E-state index is 0.0622. The van der Waals surface area contributed by atoms with Gasteiger partial charge in [0.2, 0.25) is 10.0 Å². The lowest BCUT2D eigenvalue weighted by Gasteiger charge is -2.25. The fourth-order valence-electron chi connectivity index (χ4n) is 3.12. The van der Waals surface area contributed by atoms with Crippen LogP contribution in [0, 0.1) is 5.82 Å². The fraction of sp³-hybridized carbons (Fsp3) is 0.350. The average Bonchev–Trinajstić information content (AvgIpc) is 2.73. The molecule has 0 atom stereocenters. The Kier molecular flexibility index (Phi) is 6.31. The summed E-state index contributed by atoms with van der Waals surface area (Å²) < 4.78 is 50.8. The monoisotopic (exact) mass is 407 g/mol. The number of esters is 1. The molecule has 2 aromatic rings. The minimum atomic E-state index is -3.65. The normalized spacial score (nSPS) is 15.2. The molecule has 0 saturated carbocycles. The lowest BCUT2D eigenvalue weighted by atomic mass is 10.2. The van der Waals surface area contributed by atoms with Crippen molar-refractivity contribution in [2.75, 3.05) is 20.2 Å². The number of benzene rings is 2. The molecule has 0 N–H and O–H groups in total. The Balaban J connectivity index is 1.75. The van der Waals surface area contributed by atoms with Crippen LogP contribution in [0.5, 0.6) is 5.75 Å². The van der Waals surface area contributed by atoms with Gasteiger partial charge in [0.15, 0.2) is 0 Å². The molecule has 1 fully saturated rings. The van der Waals surface area contributed by atoms with Crippen molar-refractivity contribution in [1.82, 2.24) is 4.31 Å². The number of hydrogen-bond donors (Lipinski definition) is 0. The standard InChI is InChI=1S/C20H22FNO5S/c1-26-19-9-8-17(21)12-16(19)14-27-20(23)15-6-5-7-18(13-15)28(24,25)22-10-3-2-4-11-22/h5-9,12-13H,2-4,10-11,14H2,1H3. The van der Waals surface area contributed by atoms with Gasteiger partial charge in [-0.15, -0.1) is 0 Å². The van der Waals surface area contributed by atoms with Crippen molar-refractivity contribution >= 4 is 16.0 Å². The molecule has 1 heterocycles. The number of methoxy groups -OCH3 is 1. The molecule has 0 bridgehead atoms. The van der Waals surface area contributed by atoms with Crippen molar-refractivity contribution in [2.24, 2.45) is 0 Å². The number of hydrogen-bond acceptors (Lipinski definition) is 5. The summed E-state index contributed by atoms with van der Waals surface area (Å²) in [6.45, 7) is 0.773. The maximum atomic E-state index is 13.4. The lowest BCUT2D eigenvalue weighted by Crippen LogP contribution is -2.35. The molecule has 0 spiro atoms. The van der Waals surface area contributed by atoms with Gasteiger partial charge in [0, 0.05) is 18.7 Å². The molecule has 0 aromatic heterocycles. The molecule has 3 rings (SSSR count). The van der Waals surface area contributed by atoms with Crippen LogP contribution in [0.2, 0.25) is 0 Å². The summed E-state index contributed by atoms with van der Waals surface area (Å²) in [6.07, 6.45) is 2.68. The van der Waals surface area contributed by atoms with Crippen molar-refractivity contribution in [3.8, 4) is 5.75 Å². The molecule has 2 aromatic carbocycles. The van der Waals surface area contributed by atoms with E-state index in [2.05, 4.69) is 0 Å². The first kappa shape index (κ1) is 20.3. The molecular formula is C20H22FNO5S. The summed E-state index contributed by atoms with van der Waals surface area (Å²) in [5.41, 5.74) is 0.501. The second-order valence-corrected chi connectivity index (χ2v) is 8.46. The average molecular weight is 407 g/mol. The van der Waals surface area contributed by atoms with E-state index in [1.54, 1.807) is 0 Å². The van der Waals surface area contributed by atoms with Crippen LogP contribution in [-0.2, 0) is 21.4 Å². The quantitative estimate of drug-likeness (QED) is 0.687. The van der Waals surface area contributed by atoms with Crippen LogP contribution in [0.4, 0.5) is 4.39 Å². The van der Waals surface area contributed by atoms with Crippen LogP contribution in [0.3, 0.4) is 0 Å². The van der Waals surface area contributed by atoms with Gasteiger partial charge in [0.05, 0.1) is 17.6 Å². The molecule has 0 unspecified atom stereocenters. The van der Waals surface area contributed by atoms with Crippen molar-refractivity contribution < 1.29 is 27.1 Å². The maximum absolute atomic E-state index is 13.4. The molecule has 0 aliphatic carbocycles. The van der Waals surface area contributed by atoms with Crippen molar-refractivity contribution in [3.05, 3.63) is 59.4 Å². The first-order chi connectivity index (χ1) is 13.4. The Morgan fingerprint density at radius 1 is 1.11 bits per heavy atom. The van der Waals surface area contributed by atoms with Gasteiger partial charge in [-0.1, -0.05) is 12.5 Å².